The molecule has 26 heavy (non-hydrogen) atoms. The van der Waals surface area contributed by atoms with E-state index in [4.69, 9.17) is 14.0 Å². The summed E-state index contributed by atoms with van der Waals surface area (Å²) >= 11 is 0. The van der Waals surface area contributed by atoms with E-state index in [9.17, 15) is 4.79 Å². The van der Waals surface area contributed by atoms with E-state index in [-0.39, 0.29) is 5.91 Å². The van der Waals surface area contributed by atoms with E-state index in [1.54, 1.807) is 13.3 Å². The zero-order chi connectivity index (χ0) is 18.2. The molecular formula is C20H20N2O4. The van der Waals surface area contributed by atoms with Crippen LogP contribution in [0.1, 0.15) is 12.8 Å². The zero-order valence-electron chi connectivity index (χ0n) is 14.5. The van der Waals surface area contributed by atoms with E-state index < -0.39 is 0 Å². The van der Waals surface area contributed by atoms with Gasteiger partial charge in [-0.25, -0.2) is 0 Å². The van der Waals surface area contributed by atoms with E-state index in [0.717, 1.165) is 22.6 Å². The summed E-state index contributed by atoms with van der Waals surface area (Å²) in [5.41, 5.74) is 1.61. The molecule has 0 unspecified atom stereocenters. The lowest BCUT2D eigenvalue weighted by Gasteiger charge is -2.07. The van der Waals surface area contributed by atoms with Crippen LogP contribution in [0.5, 0.6) is 11.5 Å². The van der Waals surface area contributed by atoms with Crippen molar-refractivity contribution in [3.63, 3.8) is 0 Å². The molecule has 0 saturated heterocycles. The van der Waals surface area contributed by atoms with Crippen LogP contribution in [0.2, 0.25) is 0 Å². The summed E-state index contributed by atoms with van der Waals surface area (Å²) in [6, 6.07) is 17.0. The molecule has 6 nitrogen and oxygen atoms in total. The number of para-hydroxylation sites is 1. The van der Waals surface area contributed by atoms with Gasteiger partial charge in [0.2, 0.25) is 11.8 Å². The molecule has 0 bridgehead atoms. The zero-order valence-corrected chi connectivity index (χ0v) is 14.5. The Morgan fingerprint density at radius 1 is 1.08 bits per heavy atom. The Morgan fingerprint density at radius 2 is 1.85 bits per heavy atom. The quantitative estimate of drug-likeness (QED) is 0.617. The number of anilines is 1. The normalized spacial score (nSPS) is 10.3. The molecule has 1 aromatic heterocycles. The molecule has 1 N–H and O–H groups in total. The Kier molecular flexibility index (Phi) is 5.88. The minimum atomic E-state index is -0.145. The maximum absolute atomic E-state index is 12.1. The second-order valence-corrected chi connectivity index (χ2v) is 5.61. The number of carbonyl (C=O) groups is 1. The van der Waals surface area contributed by atoms with Crippen LogP contribution < -0.4 is 14.8 Å². The van der Waals surface area contributed by atoms with Crippen LogP contribution in [-0.4, -0.2) is 24.8 Å². The first kappa shape index (κ1) is 17.5. The number of amides is 1. The molecule has 0 fully saturated rings. The maximum Gasteiger partial charge on any atom is 0.239 e. The van der Waals surface area contributed by atoms with Gasteiger partial charge in [0, 0.05) is 6.42 Å². The van der Waals surface area contributed by atoms with Crippen molar-refractivity contribution in [2.75, 3.05) is 19.0 Å². The molecule has 0 saturated carbocycles. The maximum atomic E-state index is 12.1. The fourth-order valence-corrected chi connectivity index (χ4v) is 2.43. The van der Waals surface area contributed by atoms with Crippen LogP contribution in [0.15, 0.2) is 65.3 Å². The lowest BCUT2D eigenvalue weighted by atomic mass is 10.1. The Balaban J connectivity index is 1.51. The highest BCUT2D eigenvalue weighted by Gasteiger charge is 2.13. The largest absolute Gasteiger partial charge is 0.497 e. The Hall–Kier alpha value is -3.28. The molecule has 134 valence electrons. The molecule has 0 aliphatic rings. The van der Waals surface area contributed by atoms with Crippen molar-refractivity contribution in [1.29, 1.82) is 0 Å². The molecule has 0 radical (unpaired) electrons. The van der Waals surface area contributed by atoms with Gasteiger partial charge in [0.05, 0.1) is 25.5 Å². The fourth-order valence-electron chi connectivity index (χ4n) is 2.43. The molecule has 0 aliphatic carbocycles. The van der Waals surface area contributed by atoms with Gasteiger partial charge < -0.3 is 14.0 Å². The van der Waals surface area contributed by atoms with Crippen LogP contribution in [0, 0.1) is 0 Å². The van der Waals surface area contributed by atoms with Gasteiger partial charge >= 0.3 is 0 Å². The summed E-state index contributed by atoms with van der Waals surface area (Å²) in [6.07, 6.45) is 2.51. The molecule has 0 spiro atoms. The van der Waals surface area contributed by atoms with Crippen LogP contribution in [-0.2, 0) is 4.79 Å². The number of hydrogen-bond donors (Lipinski definition) is 1. The highest BCUT2D eigenvalue weighted by molar-refractivity contribution is 5.93. The predicted octanol–water partition coefficient (Wildman–Crippen LogP) is 4.15. The number of rotatable bonds is 8. The van der Waals surface area contributed by atoms with Crippen LogP contribution in [0.4, 0.5) is 5.88 Å². The molecular weight excluding hydrogens is 332 g/mol. The number of nitrogens with one attached hydrogen (secondary N) is 1. The fraction of sp³-hybridized carbons (Fsp3) is 0.200. The first-order valence-corrected chi connectivity index (χ1v) is 8.33. The summed E-state index contributed by atoms with van der Waals surface area (Å²) in [4.78, 5) is 12.1. The number of benzene rings is 2. The number of carbonyl (C=O) groups excluding carboxylic acids is 1. The van der Waals surface area contributed by atoms with Gasteiger partial charge in [-0.05, 0) is 36.2 Å². The highest BCUT2D eigenvalue weighted by atomic mass is 16.5. The summed E-state index contributed by atoms with van der Waals surface area (Å²) in [7, 11) is 1.61. The van der Waals surface area contributed by atoms with Gasteiger partial charge in [-0.3, -0.25) is 10.1 Å². The first-order valence-electron chi connectivity index (χ1n) is 8.33. The Labute approximate surface area is 151 Å². The highest BCUT2D eigenvalue weighted by Crippen LogP contribution is 2.29. The lowest BCUT2D eigenvalue weighted by molar-refractivity contribution is -0.116. The average Bonchev–Trinajstić information content (AvgIpc) is 3.14. The average molecular weight is 352 g/mol. The van der Waals surface area contributed by atoms with Crippen molar-refractivity contribution in [3.05, 3.63) is 60.8 Å². The van der Waals surface area contributed by atoms with Crippen LogP contribution >= 0.6 is 0 Å². The predicted molar refractivity (Wildman–Crippen MR) is 98.3 cm³/mol. The molecule has 3 aromatic rings. The second-order valence-electron chi connectivity index (χ2n) is 5.61. The summed E-state index contributed by atoms with van der Waals surface area (Å²) < 4.78 is 15.9. The van der Waals surface area contributed by atoms with E-state index in [2.05, 4.69) is 10.5 Å². The van der Waals surface area contributed by atoms with Gasteiger partial charge in [0.1, 0.15) is 11.5 Å². The van der Waals surface area contributed by atoms with Crippen LogP contribution in [0.25, 0.3) is 11.1 Å². The summed E-state index contributed by atoms with van der Waals surface area (Å²) in [6.45, 7) is 0.471. The van der Waals surface area contributed by atoms with Crippen molar-refractivity contribution in [1.82, 2.24) is 5.16 Å². The van der Waals surface area contributed by atoms with E-state index in [1.165, 1.54) is 0 Å². The summed E-state index contributed by atoms with van der Waals surface area (Å²) in [5, 5.41) is 6.55. The third kappa shape index (κ3) is 4.63. The van der Waals surface area contributed by atoms with Crippen molar-refractivity contribution >= 4 is 11.8 Å². The second kappa shape index (κ2) is 8.71. The smallest absolute Gasteiger partial charge is 0.239 e. The molecule has 2 aromatic carbocycles. The van der Waals surface area contributed by atoms with Gasteiger partial charge in [-0.2, -0.15) is 0 Å². The van der Waals surface area contributed by atoms with Gasteiger partial charge in [0.25, 0.3) is 0 Å². The van der Waals surface area contributed by atoms with Gasteiger partial charge in [-0.15, -0.1) is 0 Å². The number of ether oxygens (including phenoxy) is 2. The molecule has 6 heteroatoms. The van der Waals surface area contributed by atoms with Crippen molar-refractivity contribution < 1.29 is 18.8 Å². The van der Waals surface area contributed by atoms with E-state index in [1.807, 2.05) is 54.6 Å². The number of aromatic nitrogens is 1. The van der Waals surface area contributed by atoms with Crippen LogP contribution in [0.3, 0.4) is 0 Å². The molecule has 0 atom stereocenters. The standard InChI is InChI=1S/C20H20N2O4/c1-24-16-11-9-15(10-12-16)18-14-21-26-20(18)22-19(23)8-5-13-25-17-6-3-2-4-7-17/h2-4,6-7,9-12,14H,5,8,13H2,1H3,(H,22,23). The third-order valence-electron chi connectivity index (χ3n) is 3.78. The number of nitrogens with zero attached hydrogens (tertiary/aromatic N) is 1. The number of methoxy groups -OCH3 is 1. The monoisotopic (exact) mass is 352 g/mol. The van der Waals surface area contributed by atoms with Gasteiger partial charge in [0.15, 0.2) is 0 Å². The minimum Gasteiger partial charge on any atom is -0.497 e. The molecule has 3 rings (SSSR count). The molecule has 1 amide bonds. The first-order chi connectivity index (χ1) is 12.8. The van der Waals surface area contributed by atoms with Gasteiger partial charge in [-0.1, -0.05) is 35.5 Å². The van der Waals surface area contributed by atoms with E-state index >= 15 is 0 Å². The van der Waals surface area contributed by atoms with E-state index in [0.29, 0.717) is 25.3 Å². The third-order valence-corrected chi connectivity index (χ3v) is 3.78. The van der Waals surface area contributed by atoms with Crippen molar-refractivity contribution in [2.45, 2.75) is 12.8 Å². The topological polar surface area (TPSA) is 73.6 Å². The number of hydrogen-bond acceptors (Lipinski definition) is 5. The Bertz CT molecular complexity index is 829. The Morgan fingerprint density at radius 3 is 2.58 bits per heavy atom. The summed E-state index contributed by atoms with van der Waals surface area (Å²) in [5.74, 6) is 1.75. The molecule has 0 aliphatic heterocycles. The van der Waals surface area contributed by atoms with Crippen molar-refractivity contribution in [3.8, 4) is 22.6 Å². The minimum absolute atomic E-state index is 0.145. The van der Waals surface area contributed by atoms with Crippen molar-refractivity contribution in [2.24, 2.45) is 0 Å². The lowest BCUT2D eigenvalue weighted by Crippen LogP contribution is -2.12. The SMILES string of the molecule is COc1ccc(-c2cnoc2NC(=O)CCCOc2ccccc2)cc1. The molecule has 1 heterocycles.